The average Bonchev–Trinajstić information content (AvgIpc) is 3.40. The molecule has 3 N–H and O–H groups in total. The van der Waals surface area contributed by atoms with Gasteiger partial charge in [0, 0.05) is 28.1 Å². The van der Waals surface area contributed by atoms with Crippen LogP contribution in [0.2, 0.25) is 10.0 Å². The summed E-state index contributed by atoms with van der Waals surface area (Å²) in [5.41, 5.74) is 1.33. The minimum Gasteiger partial charge on any atom is -0.489 e. The summed E-state index contributed by atoms with van der Waals surface area (Å²) in [5, 5.41) is 16.1. The van der Waals surface area contributed by atoms with Crippen molar-refractivity contribution < 1.29 is 33.7 Å². The summed E-state index contributed by atoms with van der Waals surface area (Å²) < 4.78 is 16.5. The number of carbonyl (C=O) groups is 3. The topological polar surface area (TPSA) is 123 Å². The van der Waals surface area contributed by atoms with E-state index in [2.05, 4.69) is 10.6 Å². The van der Waals surface area contributed by atoms with Crippen LogP contribution in [0, 0.1) is 0 Å². The van der Waals surface area contributed by atoms with Crippen LogP contribution >= 0.6 is 23.2 Å². The molecule has 1 saturated carbocycles. The molecule has 3 unspecified atom stereocenters. The molecule has 0 radical (unpaired) electrons. The molecule has 0 aromatic heterocycles. The molecule has 0 spiro atoms. The predicted molar refractivity (Wildman–Crippen MR) is 140 cm³/mol. The quantitative estimate of drug-likeness (QED) is 0.400. The second-order valence-corrected chi connectivity index (χ2v) is 10.2. The summed E-state index contributed by atoms with van der Waals surface area (Å²) in [7, 11) is 0. The van der Waals surface area contributed by atoms with Crippen LogP contribution < -0.4 is 15.4 Å². The Morgan fingerprint density at radius 3 is 2.21 bits per heavy atom. The molecule has 4 rings (SSSR count). The number of rotatable bonds is 10. The molecular formula is C27H30Cl2N2O7. The molecule has 3 atom stereocenters. The fourth-order valence-electron chi connectivity index (χ4n) is 4.55. The van der Waals surface area contributed by atoms with Gasteiger partial charge in [-0.15, -0.1) is 0 Å². The van der Waals surface area contributed by atoms with E-state index >= 15 is 0 Å². The van der Waals surface area contributed by atoms with Gasteiger partial charge < -0.3 is 30.0 Å². The number of aliphatic carboxylic acids is 1. The van der Waals surface area contributed by atoms with Crippen molar-refractivity contribution in [2.75, 3.05) is 6.79 Å². The lowest BCUT2D eigenvalue weighted by molar-refractivity contribution is -0.144. The summed E-state index contributed by atoms with van der Waals surface area (Å²) in [4.78, 5) is 37.5. The Balaban J connectivity index is 1.32. The fraction of sp³-hybridized carbons (Fsp3) is 0.444. The van der Waals surface area contributed by atoms with Gasteiger partial charge in [0.1, 0.15) is 25.2 Å². The van der Waals surface area contributed by atoms with Crippen LogP contribution in [-0.4, -0.2) is 54.0 Å². The number of hydrogen-bond acceptors (Lipinski definition) is 6. The van der Waals surface area contributed by atoms with Gasteiger partial charge in [-0.2, -0.15) is 0 Å². The molecule has 11 heteroatoms. The van der Waals surface area contributed by atoms with Crippen LogP contribution in [0.5, 0.6) is 5.75 Å². The Morgan fingerprint density at radius 1 is 0.947 bits per heavy atom. The van der Waals surface area contributed by atoms with Crippen molar-refractivity contribution in [2.45, 2.75) is 69.4 Å². The first kappa shape index (κ1) is 28.2. The number of halogens is 2. The summed E-state index contributed by atoms with van der Waals surface area (Å²) in [6, 6.07) is 10.8. The van der Waals surface area contributed by atoms with E-state index in [1.807, 2.05) is 0 Å². The molecule has 0 bridgehead atoms. The van der Waals surface area contributed by atoms with Gasteiger partial charge in [-0.1, -0.05) is 60.7 Å². The Hall–Kier alpha value is -2.85. The molecule has 1 saturated heterocycles. The number of carboxylic acid groups (broad SMARTS) is 1. The second-order valence-electron chi connectivity index (χ2n) is 9.37. The third-order valence-corrected chi connectivity index (χ3v) is 7.37. The summed E-state index contributed by atoms with van der Waals surface area (Å²) >= 11 is 12.3. The summed E-state index contributed by atoms with van der Waals surface area (Å²) in [6.45, 7) is -0.0515. The first-order valence-electron chi connectivity index (χ1n) is 12.5. The molecule has 1 aliphatic carbocycles. The zero-order valence-electron chi connectivity index (χ0n) is 20.7. The zero-order valence-corrected chi connectivity index (χ0v) is 22.2. The molecule has 1 heterocycles. The molecule has 2 fully saturated rings. The maximum Gasteiger partial charge on any atom is 0.326 e. The van der Waals surface area contributed by atoms with Crippen molar-refractivity contribution in [3.8, 4) is 5.75 Å². The van der Waals surface area contributed by atoms with E-state index in [4.69, 9.17) is 37.4 Å². The Kier molecular flexibility index (Phi) is 9.85. The minimum absolute atomic E-state index is 0.0181. The van der Waals surface area contributed by atoms with Crippen molar-refractivity contribution in [3.05, 3.63) is 63.6 Å². The van der Waals surface area contributed by atoms with Gasteiger partial charge in [-0.25, -0.2) is 4.79 Å². The number of carboxylic acids is 1. The molecule has 9 nitrogen and oxygen atoms in total. The number of benzene rings is 2. The number of carbonyl (C=O) groups excluding carboxylic acids is 2. The van der Waals surface area contributed by atoms with Crippen LogP contribution in [0.4, 0.5) is 0 Å². The molecule has 1 aliphatic heterocycles. The van der Waals surface area contributed by atoms with E-state index in [1.165, 1.54) is 0 Å². The first-order valence-corrected chi connectivity index (χ1v) is 13.3. The average molecular weight is 565 g/mol. The lowest BCUT2D eigenvalue weighted by Gasteiger charge is -2.25. The molecule has 2 aromatic rings. The summed E-state index contributed by atoms with van der Waals surface area (Å²) in [5.74, 6) is -1.80. The lowest BCUT2D eigenvalue weighted by atomic mass is 9.95. The molecular weight excluding hydrogens is 535 g/mol. The number of nitrogens with one attached hydrogen (secondary N) is 2. The van der Waals surface area contributed by atoms with E-state index in [0.717, 1.165) is 32.1 Å². The van der Waals surface area contributed by atoms with Crippen LogP contribution in [-0.2, 0) is 36.9 Å². The standard InChI is InChI=1S/C27H30Cl2N2O7/c28-20-7-4-8-21(29)19(20)14-36-18-11-9-16(10-12-18)13-22(27(34)35)31-26(33)24-23(37-15-38-24)25(32)30-17-5-2-1-3-6-17/h4,7-12,17,22-24H,1-3,5-6,13-15H2,(H,30,32)(H,31,33)(H,34,35). The van der Waals surface area contributed by atoms with Gasteiger partial charge in [0.25, 0.3) is 11.8 Å². The largest absolute Gasteiger partial charge is 0.489 e. The molecule has 38 heavy (non-hydrogen) atoms. The second kappa shape index (κ2) is 13.3. The van der Waals surface area contributed by atoms with Crippen LogP contribution in [0.15, 0.2) is 42.5 Å². The minimum atomic E-state index is -1.23. The van der Waals surface area contributed by atoms with Crippen molar-refractivity contribution in [1.82, 2.24) is 10.6 Å². The highest BCUT2D eigenvalue weighted by molar-refractivity contribution is 6.35. The van der Waals surface area contributed by atoms with Gasteiger partial charge in [0.05, 0.1) is 0 Å². The number of amides is 2. The highest BCUT2D eigenvalue weighted by atomic mass is 35.5. The number of ether oxygens (including phenoxy) is 3. The van der Waals surface area contributed by atoms with E-state index in [-0.39, 0.29) is 25.9 Å². The monoisotopic (exact) mass is 564 g/mol. The van der Waals surface area contributed by atoms with E-state index in [1.54, 1.807) is 42.5 Å². The Morgan fingerprint density at radius 2 is 1.58 bits per heavy atom. The third kappa shape index (κ3) is 7.38. The van der Waals surface area contributed by atoms with Gasteiger partial charge in [-0.3, -0.25) is 9.59 Å². The van der Waals surface area contributed by atoms with E-state index in [0.29, 0.717) is 26.9 Å². The zero-order chi connectivity index (χ0) is 27.1. The van der Waals surface area contributed by atoms with Gasteiger partial charge in [-0.05, 0) is 42.7 Å². The van der Waals surface area contributed by atoms with Gasteiger partial charge in [0.15, 0.2) is 12.2 Å². The first-order chi connectivity index (χ1) is 18.3. The normalized spacial score (nSPS) is 20.5. The van der Waals surface area contributed by atoms with E-state index < -0.39 is 36.0 Å². The Bertz CT molecular complexity index is 1120. The smallest absolute Gasteiger partial charge is 0.326 e. The molecule has 2 amide bonds. The Labute approximate surface area is 230 Å². The highest BCUT2D eigenvalue weighted by Crippen LogP contribution is 2.26. The summed E-state index contributed by atoms with van der Waals surface area (Å²) in [6.07, 6.45) is 2.65. The number of hydrogen-bond donors (Lipinski definition) is 3. The van der Waals surface area contributed by atoms with Crippen LogP contribution in [0.3, 0.4) is 0 Å². The van der Waals surface area contributed by atoms with E-state index in [9.17, 15) is 19.5 Å². The third-order valence-electron chi connectivity index (χ3n) is 6.66. The predicted octanol–water partition coefficient (Wildman–Crippen LogP) is 3.87. The van der Waals surface area contributed by atoms with Crippen LogP contribution in [0.1, 0.15) is 43.2 Å². The van der Waals surface area contributed by atoms with Gasteiger partial charge in [0.2, 0.25) is 0 Å². The van der Waals surface area contributed by atoms with Crippen LogP contribution in [0.25, 0.3) is 0 Å². The van der Waals surface area contributed by atoms with Gasteiger partial charge >= 0.3 is 5.97 Å². The van der Waals surface area contributed by atoms with Crippen molar-refractivity contribution >= 4 is 41.0 Å². The van der Waals surface area contributed by atoms with Crippen molar-refractivity contribution in [3.63, 3.8) is 0 Å². The van der Waals surface area contributed by atoms with Crippen molar-refractivity contribution in [2.24, 2.45) is 0 Å². The SMILES string of the molecule is O=C(O)C(Cc1ccc(OCc2c(Cl)cccc2Cl)cc1)NC(=O)C1OCOC1C(=O)NC1CCCCC1. The maximum atomic E-state index is 12.9. The molecule has 2 aliphatic rings. The highest BCUT2D eigenvalue weighted by Gasteiger charge is 2.42. The maximum absolute atomic E-state index is 12.9. The van der Waals surface area contributed by atoms with Crippen molar-refractivity contribution in [1.29, 1.82) is 0 Å². The fourth-order valence-corrected chi connectivity index (χ4v) is 5.06. The lowest BCUT2D eigenvalue weighted by Crippen LogP contribution is -2.53. The molecule has 2 aromatic carbocycles. The molecule has 204 valence electrons.